The summed E-state index contributed by atoms with van der Waals surface area (Å²) in [6, 6.07) is 7.97. The Labute approximate surface area is 152 Å². The monoisotopic (exact) mass is 356 g/mol. The number of aromatic amines is 1. The van der Waals surface area contributed by atoms with Crippen molar-refractivity contribution in [1.29, 1.82) is 0 Å². The number of ketones is 1. The van der Waals surface area contributed by atoms with Crippen molar-refractivity contribution in [3.63, 3.8) is 0 Å². The molecule has 1 aromatic carbocycles. The highest BCUT2D eigenvalue weighted by atomic mass is 16.5. The fourth-order valence-electron chi connectivity index (χ4n) is 2.96. The van der Waals surface area contributed by atoms with Crippen LogP contribution in [0.5, 0.6) is 0 Å². The lowest BCUT2D eigenvalue weighted by molar-refractivity contribution is -0.124. The summed E-state index contributed by atoms with van der Waals surface area (Å²) in [5.74, 6) is -1.13. The summed E-state index contributed by atoms with van der Waals surface area (Å²) < 4.78 is 5.05. The molecule has 26 heavy (non-hydrogen) atoms. The molecule has 0 unspecified atom stereocenters. The number of nitrogens with one attached hydrogen (secondary N) is 2. The van der Waals surface area contributed by atoms with Gasteiger partial charge in [0.05, 0.1) is 0 Å². The molecule has 0 saturated heterocycles. The van der Waals surface area contributed by atoms with Crippen molar-refractivity contribution >= 4 is 17.7 Å². The van der Waals surface area contributed by atoms with E-state index in [9.17, 15) is 14.4 Å². The van der Waals surface area contributed by atoms with Gasteiger partial charge in [-0.15, -0.1) is 0 Å². The van der Waals surface area contributed by atoms with Crippen LogP contribution in [0.2, 0.25) is 0 Å². The average Bonchev–Trinajstić information content (AvgIpc) is 2.89. The minimum Gasteiger partial charge on any atom is -0.451 e. The van der Waals surface area contributed by atoms with Crippen LogP contribution in [0.4, 0.5) is 0 Å². The maximum atomic E-state index is 12.2. The first-order chi connectivity index (χ1) is 12.3. The predicted molar refractivity (Wildman–Crippen MR) is 98.4 cm³/mol. The Kier molecular flexibility index (Phi) is 6.33. The lowest BCUT2D eigenvalue weighted by Crippen LogP contribution is -2.30. The zero-order chi connectivity index (χ0) is 19.3. The van der Waals surface area contributed by atoms with Gasteiger partial charge >= 0.3 is 5.97 Å². The van der Waals surface area contributed by atoms with E-state index in [0.717, 1.165) is 0 Å². The van der Waals surface area contributed by atoms with Crippen LogP contribution in [0, 0.1) is 20.8 Å². The van der Waals surface area contributed by atoms with Gasteiger partial charge in [0, 0.05) is 17.8 Å². The van der Waals surface area contributed by atoms with E-state index in [0.29, 0.717) is 29.8 Å². The Bertz CT molecular complexity index is 836. The molecule has 0 spiro atoms. The number of aryl methyl sites for hydroxylation is 2. The van der Waals surface area contributed by atoms with Gasteiger partial charge in [0.15, 0.2) is 12.4 Å². The molecule has 0 aliphatic heterocycles. The van der Waals surface area contributed by atoms with Crippen molar-refractivity contribution in [1.82, 2.24) is 10.3 Å². The lowest BCUT2D eigenvalue weighted by atomic mass is 10.1. The van der Waals surface area contributed by atoms with Gasteiger partial charge in [-0.3, -0.25) is 9.59 Å². The maximum Gasteiger partial charge on any atom is 0.355 e. The zero-order valence-corrected chi connectivity index (χ0v) is 15.6. The molecule has 6 nitrogen and oxygen atoms in total. The highest BCUT2D eigenvalue weighted by Gasteiger charge is 2.21. The maximum absolute atomic E-state index is 12.2. The van der Waals surface area contributed by atoms with Crippen LogP contribution in [0.15, 0.2) is 24.3 Å². The number of esters is 1. The molecule has 6 heteroatoms. The highest BCUT2D eigenvalue weighted by molar-refractivity contribution is 6.01. The number of H-pyrrole nitrogens is 1. The molecule has 0 aliphatic carbocycles. The Hall–Kier alpha value is -2.89. The van der Waals surface area contributed by atoms with Crippen molar-refractivity contribution in [2.45, 2.75) is 34.1 Å². The van der Waals surface area contributed by atoms with Gasteiger partial charge in [-0.25, -0.2) is 4.79 Å². The molecule has 0 radical (unpaired) electrons. The molecule has 138 valence electrons. The second kappa shape index (κ2) is 8.47. The van der Waals surface area contributed by atoms with Crippen LogP contribution >= 0.6 is 0 Å². The van der Waals surface area contributed by atoms with Crippen LogP contribution in [0.1, 0.15) is 50.2 Å². The quantitative estimate of drug-likeness (QED) is 0.590. The highest BCUT2D eigenvalue weighted by Crippen LogP contribution is 2.19. The van der Waals surface area contributed by atoms with Gasteiger partial charge in [0.1, 0.15) is 5.69 Å². The van der Waals surface area contributed by atoms with E-state index < -0.39 is 5.97 Å². The molecule has 2 aromatic rings. The first-order valence-electron chi connectivity index (χ1n) is 8.49. The fourth-order valence-corrected chi connectivity index (χ4v) is 2.96. The van der Waals surface area contributed by atoms with Crippen molar-refractivity contribution in [2.75, 3.05) is 13.2 Å². The van der Waals surface area contributed by atoms with Crippen LogP contribution < -0.4 is 5.32 Å². The number of carbonyl (C=O) groups excluding carboxylic acids is 3. The predicted octanol–water partition coefficient (Wildman–Crippen LogP) is 2.66. The third-order valence-electron chi connectivity index (χ3n) is 4.31. The van der Waals surface area contributed by atoms with Crippen LogP contribution in [-0.4, -0.2) is 35.8 Å². The smallest absolute Gasteiger partial charge is 0.355 e. The van der Waals surface area contributed by atoms with E-state index in [1.807, 2.05) is 31.2 Å². The standard InChI is InChI=1S/C20H24N2O4/c1-12-7-5-6-8-16(12)9-10-21-17(24)11-26-20(25)19-13(2)18(15(4)23)14(3)22-19/h5-8,22H,9-11H2,1-4H3,(H,21,24). The summed E-state index contributed by atoms with van der Waals surface area (Å²) in [7, 11) is 0. The molecular weight excluding hydrogens is 332 g/mol. The number of hydrogen-bond acceptors (Lipinski definition) is 4. The summed E-state index contributed by atoms with van der Waals surface area (Å²) in [5.41, 5.74) is 4.19. The Morgan fingerprint density at radius 2 is 1.81 bits per heavy atom. The van der Waals surface area contributed by atoms with Gasteiger partial charge in [-0.2, -0.15) is 0 Å². The molecular formula is C20H24N2O4. The summed E-state index contributed by atoms with van der Waals surface area (Å²) >= 11 is 0. The number of benzene rings is 1. The molecule has 0 saturated carbocycles. The largest absolute Gasteiger partial charge is 0.451 e. The van der Waals surface area contributed by atoms with Gasteiger partial charge in [-0.05, 0) is 50.8 Å². The minimum atomic E-state index is -0.646. The van der Waals surface area contributed by atoms with E-state index in [2.05, 4.69) is 10.3 Å². The van der Waals surface area contributed by atoms with Crippen molar-refractivity contribution in [3.05, 3.63) is 57.9 Å². The SMILES string of the molecule is CC(=O)c1c(C)[nH]c(C(=O)OCC(=O)NCCc2ccccc2C)c1C. The summed E-state index contributed by atoms with van der Waals surface area (Å²) in [4.78, 5) is 38.5. The number of amides is 1. The third-order valence-corrected chi connectivity index (χ3v) is 4.31. The molecule has 1 heterocycles. The zero-order valence-electron chi connectivity index (χ0n) is 15.6. The number of hydrogen-bond donors (Lipinski definition) is 2. The second-order valence-electron chi connectivity index (χ2n) is 6.28. The molecule has 1 amide bonds. The molecule has 0 bridgehead atoms. The fraction of sp³-hybridized carbons (Fsp3) is 0.350. The first-order valence-corrected chi connectivity index (χ1v) is 8.49. The van der Waals surface area contributed by atoms with E-state index in [-0.39, 0.29) is 24.0 Å². The molecule has 0 fully saturated rings. The van der Waals surface area contributed by atoms with Crippen LogP contribution in [-0.2, 0) is 16.0 Å². The molecule has 0 aliphatic rings. The van der Waals surface area contributed by atoms with Gasteiger partial charge in [0.2, 0.25) is 0 Å². The van der Waals surface area contributed by atoms with Crippen molar-refractivity contribution < 1.29 is 19.1 Å². The van der Waals surface area contributed by atoms with Crippen LogP contribution in [0.25, 0.3) is 0 Å². The first kappa shape index (κ1) is 19.4. The summed E-state index contributed by atoms with van der Waals surface area (Å²) in [5, 5.41) is 2.73. The van der Waals surface area contributed by atoms with Crippen LogP contribution in [0.3, 0.4) is 0 Å². The molecule has 2 rings (SSSR count). The number of carbonyl (C=O) groups is 3. The molecule has 2 N–H and O–H groups in total. The Morgan fingerprint density at radius 1 is 1.12 bits per heavy atom. The Morgan fingerprint density at radius 3 is 2.42 bits per heavy atom. The van der Waals surface area contributed by atoms with E-state index in [1.165, 1.54) is 18.1 Å². The average molecular weight is 356 g/mol. The number of rotatable bonds is 7. The van der Waals surface area contributed by atoms with Crippen molar-refractivity contribution in [3.8, 4) is 0 Å². The van der Waals surface area contributed by atoms with Gasteiger partial charge < -0.3 is 15.0 Å². The van der Waals surface area contributed by atoms with Crippen molar-refractivity contribution in [2.24, 2.45) is 0 Å². The number of aromatic nitrogens is 1. The van der Waals surface area contributed by atoms with E-state index in [1.54, 1.807) is 13.8 Å². The van der Waals surface area contributed by atoms with E-state index in [4.69, 9.17) is 4.74 Å². The molecule has 1 aromatic heterocycles. The normalized spacial score (nSPS) is 10.5. The second-order valence-corrected chi connectivity index (χ2v) is 6.28. The van der Waals surface area contributed by atoms with Gasteiger partial charge in [0.25, 0.3) is 5.91 Å². The number of Topliss-reactive ketones (excluding diaryl/α,β-unsaturated/α-hetero) is 1. The van der Waals surface area contributed by atoms with Gasteiger partial charge in [-0.1, -0.05) is 24.3 Å². The minimum absolute atomic E-state index is 0.121. The third kappa shape index (κ3) is 4.59. The summed E-state index contributed by atoms with van der Waals surface area (Å²) in [6.45, 7) is 6.98. The number of ether oxygens (including phenoxy) is 1. The topological polar surface area (TPSA) is 88.3 Å². The lowest BCUT2D eigenvalue weighted by Gasteiger charge is -2.08. The summed E-state index contributed by atoms with van der Waals surface area (Å²) in [6.07, 6.45) is 0.712. The Balaban J connectivity index is 1.84. The molecule has 0 atom stereocenters. The van der Waals surface area contributed by atoms with E-state index >= 15 is 0 Å².